The number of piperidine rings is 1. The molecule has 0 spiro atoms. The fraction of sp³-hybridized carbons (Fsp3) is 0.300. The van der Waals surface area contributed by atoms with Gasteiger partial charge in [0.05, 0.1) is 0 Å². The van der Waals surface area contributed by atoms with Crippen molar-refractivity contribution in [3.63, 3.8) is 0 Å². The maximum atomic E-state index is 13.9. The van der Waals surface area contributed by atoms with E-state index < -0.39 is 35.2 Å². The lowest BCUT2D eigenvalue weighted by atomic mass is 9.95. The molecule has 4 nitrogen and oxygen atoms in total. The predicted octanol–water partition coefficient (Wildman–Crippen LogP) is 3.16. The maximum absolute atomic E-state index is 13.9. The first kappa shape index (κ1) is 18.9. The van der Waals surface area contributed by atoms with Gasteiger partial charge >= 0.3 is 0 Å². The monoisotopic (exact) mass is 376 g/mol. The summed E-state index contributed by atoms with van der Waals surface area (Å²) < 4.78 is 40.4. The van der Waals surface area contributed by atoms with Crippen molar-refractivity contribution in [2.45, 2.75) is 25.9 Å². The van der Waals surface area contributed by atoms with Crippen LogP contribution in [0.4, 0.5) is 13.2 Å². The van der Waals surface area contributed by atoms with Crippen LogP contribution in [0, 0.1) is 23.4 Å². The third-order valence-electron chi connectivity index (χ3n) is 4.60. The molecule has 142 valence electrons. The van der Waals surface area contributed by atoms with Gasteiger partial charge in [-0.3, -0.25) is 9.59 Å². The van der Waals surface area contributed by atoms with Crippen molar-refractivity contribution >= 4 is 11.8 Å². The van der Waals surface area contributed by atoms with Gasteiger partial charge in [-0.15, -0.1) is 0 Å². The molecule has 1 fully saturated rings. The smallest absolute Gasteiger partial charge is 0.235 e. The lowest BCUT2D eigenvalue weighted by Gasteiger charge is -2.31. The lowest BCUT2D eigenvalue weighted by molar-refractivity contribution is -0.145. The van der Waals surface area contributed by atoms with Gasteiger partial charge < -0.3 is 10.2 Å². The molecule has 2 aromatic rings. The molecule has 1 unspecified atom stereocenters. The molecule has 1 heterocycles. The summed E-state index contributed by atoms with van der Waals surface area (Å²) in [5.74, 6) is -4.11. The highest BCUT2D eigenvalue weighted by atomic mass is 19.2. The van der Waals surface area contributed by atoms with Crippen molar-refractivity contribution in [2.75, 3.05) is 6.54 Å². The van der Waals surface area contributed by atoms with Gasteiger partial charge in [0.25, 0.3) is 0 Å². The van der Waals surface area contributed by atoms with Gasteiger partial charge in [-0.25, -0.2) is 13.2 Å². The fourth-order valence-electron chi connectivity index (χ4n) is 3.18. The van der Waals surface area contributed by atoms with Gasteiger partial charge in [-0.05, 0) is 36.6 Å². The summed E-state index contributed by atoms with van der Waals surface area (Å²) in [6.07, 6.45) is 0.969. The summed E-state index contributed by atoms with van der Waals surface area (Å²) in [6.45, 7) is 0.400. The van der Waals surface area contributed by atoms with E-state index in [4.69, 9.17) is 0 Å². The van der Waals surface area contributed by atoms with Crippen LogP contribution in [0.2, 0.25) is 0 Å². The summed E-state index contributed by atoms with van der Waals surface area (Å²) in [5, 5.41) is 2.64. The molecule has 3 rings (SSSR count). The Balaban J connectivity index is 1.63. The molecule has 0 radical (unpaired) electrons. The molecule has 0 saturated carbocycles. The van der Waals surface area contributed by atoms with Crippen LogP contribution in [0.1, 0.15) is 24.0 Å². The van der Waals surface area contributed by atoms with E-state index in [1.54, 1.807) is 6.07 Å². The first-order chi connectivity index (χ1) is 13.0. The zero-order chi connectivity index (χ0) is 19.4. The number of nitrogens with one attached hydrogen (secondary N) is 1. The molecule has 2 amide bonds. The summed E-state index contributed by atoms with van der Waals surface area (Å²) in [4.78, 5) is 26.4. The van der Waals surface area contributed by atoms with Crippen LogP contribution >= 0.6 is 0 Å². The van der Waals surface area contributed by atoms with Crippen LogP contribution in [0.5, 0.6) is 0 Å². The van der Waals surface area contributed by atoms with Crippen molar-refractivity contribution in [2.24, 2.45) is 5.92 Å². The molecule has 1 N–H and O–H groups in total. The normalized spacial score (nSPS) is 17.1. The largest absolute Gasteiger partial charge is 0.351 e. The highest BCUT2D eigenvalue weighted by Crippen LogP contribution is 2.22. The Morgan fingerprint density at radius 2 is 1.93 bits per heavy atom. The van der Waals surface area contributed by atoms with E-state index in [0.29, 0.717) is 24.9 Å². The molecule has 2 aromatic carbocycles. The molecule has 0 bridgehead atoms. The number of carbonyl (C=O) groups is 2. The van der Waals surface area contributed by atoms with Gasteiger partial charge in [0.1, 0.15) is 11.7 Å². The average Bonchev–Trinajstić information content (AvgIpc) is 2.65. The van der Waals surface area contributed by atoms with E-state index >= 15 is 0 Å². The standard InChI is InChI=1S/C20H19F3N2O2/c21-15-6-1-4-13(10-15)11-24-19(26)16-7-3-9-25(20(16)27)12-14-5-2-8-17(22)18(14)23/h1-2,4-6,8,10,16H,3,7,9,11-12H2,(H,24,26). The zero-order valence-electron chi connectivity index (χ0n) is 14.6. The Kier molecular flexibility index (Phi) is 5.78. The number of likely N-dealkylation sites (tertiary alicyclic amines) is 1. The molecule has 1 atom stereocenters. The topological polar surface area (TPSA) is 49.4 Å². The van der Waals surface area contributed by atoms with Crippen molar-refractivity contribution in [3.05, 3.63) is 71.0 Å². The first-order valence-corrected chi connectivity index (χ1v) is 8.69. The van der Waals surface area contributed by atoms with Crippen molar-refractivity contribution in [3.8, 4) is 0 Å². The lowest BCUT2D eigenvalue weighted by Crippen LogP contribution is -2.47. The number of hydrogen-bond acceptors (Lipinski definition) is 2. The Morgan fingerprint density at radius 3 is 2.70 bits per heavy atom. The zero-order valence-corrected chi connectivity index (χ0v) is 14.6. The van der Waals surface area contributed by atoms with Crippen LogP contribution in [0.15, 0.2) is 42.5 Å². The number of carbonyl (C=O) groups excluding carboxylic acids is 2. The van der Waals surface area contributed by atoms with E-state index in [0.717, 1.165) is 6.07 Å². The van der Waals surface area contributed by atoms with Gasteiger partial charge in [0.15, 0.2) is 11.6 Å². The summed E-state index contributed by atoms with van der Waals surface area (Å²) in [6, 6.07) is 9.63. The molecule has 27 heavy (non-hydrogen) atoms. The minimum atomic E-state index is -0.983. The third kappa shape index (κ3) is 4.48. The van der Waals surface area contributed by atoms with Crippen molar-refractivity contribution in [1.29, 1.82) is 0 Å². The fourth-order valence-corrected chi connectivity index (χ4v) is 3.18. The van der Waals surface area contributed by atoms with E-state index in [-0.39, 0.29) is 18.7 Å². The van der Waals surface area contributed by atoms with Crippen LogP contribution in [0.3, 0.4) is 0 Å². The number of amides is 2. The van der Waals surface area contributed by atoms with E-state index in [1.165, 1.54) is 35.2 Å². The molecular formula is C20H19F3N2O2. The SMILES string of the molecule is O=C(NCc1cccc(F)c1)C1CCCN(Cc2cccc(F)c2F)C1=O. The average molecular weight is 376 g/mol. The minimum absolute atomic E-state index is 0.0733. The summed E-state index contributed by atoms with van der Waals surface area (Å²) in [7, 11) is 0. The van der Waals surface area contributed by atoms with Gasteiger partial charge in [0.2, 0.25) is 11.8 Å². The molecule has 7 heteroatoms. The second kappa shape index (κ2) is 8.24. The minimum Gasteiger partial charge on any atom is -0.351 e. The van der Waals surface area contributed by atoms with Crippen molar-refractivity contribution < 1.29 is 22.8 Å². The van der Waals surface area contributed by atoms with E-state index in [1.807, 2.05) is 0 Å². The molecule has 1 saturated heterocycles. The van der Waals surface area contributed by atoms with Crippen LogP contribution in [-0.4, -0.2) is 23.3 Å². The van der Waals surface area contributed by atoms with Crippen LogP contribution in [-0.2, 0) is 22.7 Å². The van der Waals surface area contributed by atoms with Crippen molar-refractivity contribution in [1.82, 2.24) is 10.2 Å². The second-order valence-corrected chi connectivity index (χ2v) is 6.52. The third-order valence-corrected chi connectivity index (χ3v) is 4.60. The Hall–Kier alpha value is -2.83. The van der Waals surface area contributed by atoms with E-state index in [9.17, 15) is 22.8 Å². The highest BCUT2D eigenvalue weighted by molar-refractivity contribution is 6.00. The molecule has 1 aliphatic heterocycles. The van der Waals surface area contributed by atoms with Gasteiger partial charge in [-0.1, -0.05) is 24.3 Å². The first-order valence-electron chi connectivity index (χ1n) is 8.69. The van der Waals surface area contributed by atoms with Gasteiger partial charge in [-0.2, -0.15) is 0 Å². The molecule has 0 aromatic heterocycles. The number of nitrogens with zero attached hydrogens (tertiary/aromatic N) is 1. The summed E-state index contributed by atoms with van der Waals surface area (Å²) >= 11 is 0. The number of hydrogen-bond donors (Lipinski definition) is 1. The predicted molar refractivity (Wildman–Crippen MR) is 92.7 cm³/mol. The Bertz CT molecular complexity index is 857. The number of halogens is 3. The maximum Gasteiger partial charge on any atom is 0.235 e. The highest BCUT2D eigenvalue weighted by Gasteiger charge is 2.34. The van der Waals surface area contributed by atoms with Gasteiger partial charge in [0, 0.05) is 25.2 Å². The Labute approximate surface area is 155 Å². The summed E-state index contributed by atoms with van der Waals surface area (Å²) in [5.41, 5.74) is 0.662. The number of benzene rings is 2. The molecular weight excluding hydrogens is 357 g/mol. The van der Waals surface area contributed by atoms with Crippen LogP contribution in [0.25, 0.3) is 0 Å². The Morgan fingerprint density at radius 1 is 1.15 bits per heavy atom. The van der Waals surface area contributed by atoms with Crippen LogP contribution < -0.4 is 5.32 Å². The molecule has 0 aliphatic carbocycles. The van der Waals surface area contributed by atoms with E-state index in [2.05, 4.69) is 5.32 Å². The second-order valence-electron chi connectivity index (χ2n) is 6.52. The quantitative estimate of drug-likeness (QED) is 0.815. The number of rotatable bonds is 5. The molecule has 1 aliphatic rings.